The third-order valence-corrected chi connectivity index (χ3v) is 4.11. The summed E-state index contributed by atoms with van der Waals surface area (Å²) in [6.45, 7) is 6.84. The quantitative estimate of drug-likeness (QED) is 0.495. The Kier molecular flexibility index (Phi) is 5.37. The van der Waals surface area contributed by atoms with E-state index in [1.165, 1.54) is 0 Å². The van der Waals surface area contributed by atoms with Gasteiger partial charge in [0.05, 0.1) is 24.5 Å². The molecular formula is C21H22N2O3. The molecule has 0 radical (unpaired) electrons. The molecule has 3 aromatic rings. The largest absolute Gasteiger partial charge is 0.494 e. The Labute approximate surface area is 153 Å². The summed E-state index contributed by atoms with van der Waals surface area (Å²) in [5, 5.41) is 4.50. The van der Waals surface area contributed by atoms with E-state index in [9.17, 15) is 4.79 Å². The first-order valence-electron chi connectivity index (χ1n) is 8.61. The third-order valence-electron chi connectivity index (χ3n) is 4.11. The van der Waals surface area contributed by atoms with Crippen molar-refractivity contribution in [3.05, 3.63) is 77.1 Å². The molecule has 5 nitrogen and oxygen atoms in total. The van der Waals surface area contributed by atoms with Gasteiger partial charge in [-0.3, -0.25) is 4.68 Å². The van der Waals surface area contributed by atoms with E-state index in [0.717, 1.165) is 17.0 Å². The molecule has 3 rings (SSSR count). The lowest BCUT2D eigenvalue weighted by Gasteiger charge is -2.07. The predicted octanol–water partition coefficient (Wildman–Crippen LogP) is 4.17. The predicted molar refractivity (Wildman–Crippen MR) is 99.8 cm³/mol. The maximum atomic E-state index is 12.6. The van der Waals surface area contributed by atoms with Gasteiger partial charge in [0.25, 0.3) is 0 Å². The second-order valence-corrected chi connectivity index (χ2v) is 5.98. The summed E-state index contributed by atoms with van der Waals surface area (Å²) in [5.74, 6) is 0.826. The van der Waals surface area contributed by atoms with Crippen molar-refractivity contribution in [2.45, 2.75) is 27.3 Å². The number of hydrogen-bond donors (Lipinski definition) is 0. The maximum absolute atomic E-state index is 12.6. The molecule has 0 atom stereocenters. The number of rotatable bonds is 6. The Bertz CT molecular complexity index is 884. The average Bonchev–Trinajstić information content (AvgIpc) is 2.91. The fourth-order valence-corrected chi connectivity index (χ4v) is 2.83. The van der Waals surface area contributed by atoms with Gasteiger partial charge >= 0.3 is 5.97 Å². The molecule has 0 saturated carbocycles. The second-order valence-electron chi connectivity index (χ2n) is 5.98. The number of hydrogen-bond acceptors (Lipinski definition) is 4. The number of aryl methyl sites for hydroxylation is 1. The van der Waals surface area contributed by atoms with E-state index in [0.29, 0.717) is 30.2 Å². The van der Waals surface area contributed by atoms with Crippen LogP contribution in [0.3, 0.4) is 0 Å². The molecule has 5 heteroatoms. The fourth-order valence-electron chi connectivity index (χ4n) is 2.83. The molecule has 134 valence electrons. The molecule has 26 heavy (non-hydrogen) atoms. The molecule has 0 aliphatic carbocycles. The summed E-state index contributed by atoms with van der Waals surface area (Å²) in [4.78, 5) is 12.6. The van der Waals surface area contributed by atoms with E-state index in [2.05, 4.69) is 5.10 Å². The molecule has 1 heterocycles. The van der Waals surface area contributed by atoms with Crippen molar-refractivity contribution >= 4 is 5.97 Å². The summed E-state index contributed by atoms with van der Waals surface area (Å²) in [6, 6.07) is 17.0. The molecule has 0 spiro atoms. The average molecular weight is 350 g/mol. The highest BCUT2D eigenvalue weighted by atomic mass is 16.5. The summed E-state index contributed by atoms with van der Waals surface area (Å²) >= 11 is 0. The van der Waals surface area contributed by atoms with Crippen LogP contribution in [0.1, 0.15) is 34.2 Å². The van der Waals surface area contributed by atoms with Crippen LogP contribution in [0.15, 0.2) is 54.6 Å². The van der Waals surface area contributed by atoms with Crippen molar-refractivity contribution in [1.29, 1.82) is 0 Å². The van der Waals surface area contributed by atoms with E-state index in [4.69, 9.17) is 9.47 Å². The summed E-state index contributed by atoms with van der Waals surface area (Å²) in [6.07, 6.45) is 0. The van der Waals surface area contributed by atoms with E-state index in [-0.39, 0.29) is 0 Å². The van der Waals surface area contributed by atoms with Gasteiger partial charge in [0.15, 0.2) is 0 Å². The topological polar surface area (TPSA) is 53.4 Å². The lowest BCUT2D eigenvalue weighted by molar-refractivity contribution is 0.0733. The SMILES string of the molecule is CCOc1ccc(OC(=O)c2c(C)nn(Cc3ccccc3)c2C)cc1. The molecule has 0 aliphatic rings. The van der Waals surface area contributed by atoms with Crippen molar-refractivity contribution in [3.63, 3.8) is 0 Å². The molecular weight excluding hydrogens is 328 g/mol. The Morgan fingerprint density at radius 2 is 1.65 bits per heavy atom. The van der Waals surface area contributed by atoms with Crippen LogP contribution in [0.25, 0.3) is 0 Å². The highest BCUT2D eigenvalue weighted by molar-refractivity contribution is 5.93. The van der Waals surface area contributed by atoms with Crippen LogP contribution in [-0.4, -0.2) is 22.4 Å². The fraction of sp³-hybridized carbons (Fsp3) is 0.238. The van der Waals surface area contributed by atoms with Gasteiger partial charge in [-0.05, 0) is 50.6 Å². The number of esters is 1. The lowest BCUT2D eigenvalue weighted by atomic mass is 10.2. The number of carbonyl (C=O) groups excluding carboxylic acids is 1. The summed E-state index contributed by atoms with van der Waals surface area (Å²) in [5.41, 5.74) is 3.09. The van der Waals surface area contributed by atoms with Crippen LogP contribution in [0, 0.1) is 13.8 Å². The van der Waals surface area contributed by atoms with Gasteiger partial charge in [0, 0.05) is 0 Å². The smallest absolute Gasteiger partial charge is 0.347 e. The zero-order valence-electron chi connectivity index (χ0n) is 15.2. The van der Waals surface area contributed by atoms with E-state index in [1.54, 1.807) is 24.3 Å². The minimum atomic E-state index is -0.400. The highest BCUT2D eigenvalue weighted by Crippen LogP contribution is 2.21. The minimum Gasteiger partial charge on any atom is -0.494 e. The lowest BCUT2D eigenvalue weighted by Crippen LogP contribution is -2.11. The molecule has 0 fully saturated rings. The molecule has 2 aromatic carbocycles. The van der Waals surface area contributed by atoms with Crippen molar-refractivity contribution in [3.8, 4) is 11.5 Å². The maximum Gasteiger partial charge on any atom is 0.347 e. The standard InChI is InChI=1S/C21H22N2O3/c1-4-25-18-10-12-19(13-11-18)26-21(24)20-15(2)22-23(16(20)3)14-17-8-6-5-7-9-17/h5-13H,4,14H2,1-3H3. The Hall–Kier alpha value is -3.08. The minimum absolute atomic E-state index is 0.400. The van der Waals surface area contributed by atoms with Crippen LogP contribution in [0.2, 0.25) is 0 Å². The van der Waals surface area contributed by atoms with Crippen LogP contribution >= 0.6 is 0 Å². The van der Waals surface area contributed by atoms with E-state index in [1.807, 2.05) is 55.8 Å². The van der Waals surface area contributed by atoms with Gasteiger partial charge in [0.2, 0.25) is 0 Å². The molecule has 0 unspecified atom stereocenters. The van der Waals surface area contributed by atoms with Gasteiger partial charge in [-0.25, -0.2) is 4.79 Å². The Balaban J connectivity index is 1.77. The van der Waals surface area contributed by atoms with Gasteiger partial charge in [-0.15, -0.1) is 0 Å². The zero-order valence-corrected chi connectivity index (χ0v) is 15.2. The monoisotopic (exact) mass is 350 g/mol. The first-order chi connectivity index (χ1) is 12.6. The number of carbonyl (C=O) groups is 1. The van der Waals surface area contributed by atoms with Crippen molar-refractivity contribution in [1.82, 2.24) is 9.78 Å². The molecule has 1 aromatic heterocycles. The van der Waals surface area contributed by atoms with Gasteiger partial charge < -0.3 is 9.47 Å². The van der Waals surface area contributed by atoms with Crippen molar-refractivity contribution in [2.75, 3.05) is 6.61 Å². The normalized spacial score (nSPS) is 10.6. The van der Waals surface area contributed by atoms with Gasteiger partial charge in [-0.1, -0.05) is 30.3 Å². The van der Waals surface area contributed by atoms with Crippen molar-refractivity contribution < 1.29 is 14.3 Å². The number of ether oxygens (including phenoxy) is 2. The number of nitrogens with zero attached hydrogens (tertiary/aromatic N) is 2. The van der Waals surface area contributed by atoms with Crippen LogP contribution in [-0.2, 0) is 6.54 Å². The second kappa shape index (κ2) is 7.87. The molecule has 0 bridgehead atoms. The van der Waals surface area contributed by atoms with Crippen LogP contribution in [0.4, 0.5) is 0 Å². The van der Waals surface area contributed by atoms with Crippen LogP contribution < -0.4 is 9.47 Å². The van der Waals surface area contributed by atoms with E-state index < -0.39 is 5.97 Å². The molecule has 0 saturated heterocycles. The zero-order chi connectivity index (χ0) is 18.5. The summed E-state index contributed by atoms with van der Waals surface area (Å²) < 4.78 is 12.7. The highest BCUT2D eigenvalue weighted by Gasteiger charge is 2.20. The molecule has 0 amide bonds. The molecule has 0 N–H and O–H groups in total. The summed E-state index contributed by atoms with van der Waals surface area (Å²) in [7, 11) is 0. The number of benzene rings is 2. The van der Waals surface area contributed by atoms with Gasteiger partial charge in [0.1, 0.15) is 17.1 Å². The Morgan fingerprint density at radius 3 is 2.31 bits per heavy atom. The number of aromatic nitrogens is 2. The Morgan fingerprint density at radius 1 is 1.00 bits per heavy atom. The first kappa shape index (κ1) is 17.7. The van der Waals surface area contributed by atoms with Crippen LogP contribution in [0.5, 0.6) is 11.5 Å². The van der Waals surface area contributed by atoms with Gasteiger partial charge in [-0.2, -0.15) is 5.10 Å². The van der Waals surface area contributed by atoms with Crippen molar-refractivity contribution in [2.24, 2.45) is 0 Å². The van der Waals surface area contributed by atoms with E-state index >= 15 is 0 Å². The third kappa shape index (κ3) is 3.94. The first-order valence-corrected chi connectivity index (χ1v) is 8.61. The molecule has 0 aliphatic heterocycles.